The minimum atomic E-state index is -0.116. The number of nitrogens with zero attached hydrogens (tertiary/aromatic N) is 3. The SMILES string of the molecule is O=c1ccc(-c2ccc(Nc3ccc(N4CCOCC4)cc3)c3nccn23)c[nH]1. The number of aromatic amines is 1. The number of benzene rings is 1. The zero-order valence-corrected chi connectivity index (χ0v) is 15.8. The van der Waals surface area contributed by atoms with Crippen LogP contribution >= 0.6 is 0 Å². The third-order valence-corrected chi connectivity index (χ3v) is 5.15. The second-order valence-corrected chi connectivity index (χ2v) is 6.97. The van der Waals surface area contributed by atoms with Gasteiger partial charge in [-0.15, -0.1) is 0 Å². The summed E-state index contributed by atoms with van der Waals surface area (Å²) in [6, 6.07) is 15.8. The monoisotopic (exact) mass is 387 g/mol. The quantitative estimate of drug-likeness (QED) is 0.562. The fraction of sp³-hybridized carbons (Fsp3) is 0.182. The molecule has 5 rings (SSSR count). The van der Waals surface area contributed by atoms with Crippen LogP contribution in [-0.2, 0) is 4.74 Å². The molecule has 1 aromatic carbocycles. The molecule has 0 spiro atoms. The molecule has 4 heterocycles. The summed E-state index contributed by atoms with van der Waals surface area (Å²) in [5.41, 5.74) is 5.72. The first kappa shape index (κ1) is 17.5. The van der Waals surface area contributed by atoms with Crippen LogP contribution in [0.25, 0.3) is 16.9 Å². The molecule has 7 nitrogen and oxygen atoms in total. The third-order valence-electron chi connectivity index (χ3n) is 5.15. The molecule has 0 saturated carbocycles. The predicted octanol–water partition coefficient (Wildman–Crippen LogP) is 3.27. The van der Waals surface area contributed by atoms with Crippen LogP contribution in [0.1, 0.15) is 0 Å². The van der Waals surface area contributed by atoms with Crippen molar-refractivity contribution in [1.82, 2.24) is 14.4 Å². The van der Waals surface area contributed by atoms with Crippen molar-refractivity contribution in [2.75, 3.05) is 36.5 Å². The maximum Gasteiger partial charge on any atom is 0.247 e. The fourth-order valence-corrected chi connectivity index (χ4v) is 3.65. The van der Waals surface area contributed by atoms with Crippen LogP contribution in [0.3, 0.4) is 0 Å². The zero-order chi connectivity index (χ0) is 19.6. The molecule has 0 amide bonds. The van der Waals surface area contributed by atoms with E-state index in [1.165, 1.54) is 11.8 Å². The van der Waals surface area contributed by atoms with Gasteiger partial charge in [0.2, 0.25) is 5.56 Å². The Labute approximate surface area is 167 Å². The average molecular weight is 387 g/mol. The number of morpholine rings is 1. The third kappa shape index (κ3) is 3.48. The summed E-state index contributed by atoms with van der Waals surface area (Å²) in [4.78, 5) is 20.9. The first-order valence-electron chi connectivity index (χ1n) is 9.63. The number of hydrogen-bond donors (Lipinski definition) is 2. The van der Waals surface area contributed by atoms with Gasteiger partial charge >= 0.3 is 0 Å². The summed E-state index contributed by atoms with van der Waals surface area (Å²) < 4.78 is 7.44. The van der Waals surface area contributed by atoms with Crippen molar-refractivity contribution in [3.05, 3.63) is 77.5 Å². The van der Waals surface area contributed by atoms with E-state index in [9.17, 15) is 4.79 Å². The summed E-state index contributed by atoms with van der Waals surface area (Å²) >= 11 is 0. The van der Waals surface area contributed by atoms with E-state index in [0.29, 0.717) is 0 Å². The van der Waals surface area contributed by atoms with Crippen molar-refractivity contribution >= 4 is 22.7 Å². The van der Waals surface area contributed by atoms with Gasteiger partial charge in [-0.25, -0.2) is 4.98 Å². The molecular weight excluding hydrogens is 366 g/mol. The van der Waals surface area contributed by atoms with E-state index in [2.05, 4.69) is 44.5 Å². The first-order valence-corrected chi connectivity index (χ1v) is 9.63. The minimum absolute atomic E-state index is 0.116. The Morgan fingerprint density at radius 3 is 2.59 bits per heavy atom. The highest BCUT2D eigenvalue weighted by Gasteiger charge is 2.12. The number of H-pyrrole nitrogens is 1. The molecule has 0 aliphatic carbocycles. The van der Waals surface area contributed by atoms with E-state index in [-0.39, 0.29) is 5.56 Å². The van der Waals surface area contributed by atoms with Gasteiger partial charge < -0.3 is 19.9 Å². The number of imidazole rings is 1. The molecule has 0 bridgehead atoms. The number of ether oxygens (including phenoxy) is 1. The Balaban J connectivity index is 1.42. The van der Waals surface area contributed by atoms with Gasteiger partial charge in [0.15, 0.2) is 5.65 Å². The van der Waals surface area contributed by atoms with Gasteiger partial charge in [-0.05, 0) is 42.5 Å². The van der Waals surface area contributed by atoms with Crippen LogP contribution in [0, 0.1) is 0 Å². The molecule has 1 fully saturated rings. The number of nitrogens with one attached hydrogen (secondary N) is 2. The van der Waals surface area contributed by atoms with Gasteiger partial charge in [0.05, 0.1) is 24.6 Å². The average Bonchev–Trinajstić information content (AvgIpc) is 3.26. The van der Waals surface area contributed by atoms with E-state index in [1.807, 2.05) is 28.8 Å². The molecule has 3 aromatic heterocycles. The molecule has 0 radical (unpaired) electrons. The lowest BCUT2D eigenvalue weighted by Crippen LogP contribution is -2.36. The van der Waals surface area contributed by atoms with Crippen molar-refractivity contribution in [2.24, 2.45) is 0 Å². The summed E-state index contributed by atoms with van der Waals surface area (Å²) in [5.74, 6) is 0. The lowest BCUT2D eigenvalue weighted by atomic mass is 10.1. The Hall–Kier alpha value is -3.58. The Morgan fingerprint density at radius 1 is 1.00 bits per heavy atom. The molecule has 2 N–H and O–H groups in total. The standard InChI is InChI=1S/C22H21N5O2/c28-21-8-1-16(15-24-21)20-7-6-19(22-23-9-10-27(20)22)25-17-2-4-18(5-3-17)26-11-13-29-14-12-26/h1-10,15,25H,11-14H2,(H,24,28). The van der Waals surface area contributed by atoms with Crippen molar-refractivity contribution in [3.8, 4) is 11.3 Å². The van der Waals surface area contributed by atoms with Gasteiger partial charge in [-0.3, -0.25) is 9.20 Å². The molecule has 7 heteroatoms. The van der Waals surface area contributed by atoms with Crippen molar-refractivity contribution in [2.45, 2.75) is 0 Å². The van der Waals surface area contributed by atoms with Gasteiger partial charge in [0, 0.05) is 54.7 Å². The normalized spacial score (nSPS) is 14.3. The van der Waals surface area contributed by atoms with Crippen molar-refractivity contribution in [1.29, 1.82) is 0 Å². The molecule has 0 atom stereocenters. The van der Waals surface area contributed by atoms with Gasteiger partial charge in [0.1, 0.15) is 0 Å². The Bertz CT molecular complexity index is 1170. The van der Waals surface area contributed by atoms with Gasteiger partial charge in [-0.1, -0.05) is 0 Å². The van der Waals surface area contributed by atoms with E-state index in [0.717, 1.165) is 54.6 Å². The second-order valence-electron chi connectivity index (χ2n) is 6.97. The molecule has 146 valence electrons. The number of hydrogen-bond acceptors (Lipinski definition) is 5. The number of rotatable bonds is 4. The smallest absolute Gasteiger partial charge is 0.247 e. The van der Waals surface area contributed by atoms with Gasteiger partial charge in [-0.2, -0.15) is 0 Å². The van der Waals surface area contributed by atoms with E-state index < -0.39 is 0 Å². The van der Waals surface area contributed by atoms with Crippen LogP contribution in [-0.4, -0.2) is 40.7 Å². The summed E-state index contributed by atoms with van der Waals surface area (Å²) in [7, 11) is 0. The largest absolute Gasteiger partial charge is 0.378 e. The van der Waals surface area contributed by atoms with E-state index in [1.54, 1.807) is 12.4 Å². The number of pyridine rings is 2. The molecular formula is C22H21N5O2. The topological polar surface area (TPSA) is 74.7 Å². The molecule has 1 saturated heterocycles. The Kier molecular flexibility index (Phi) is 4.50. The summed E-state index contributed by atoms with van der Waals surface area (Å²) in [5, 5.41) is 3.47. The highest BCUT2D eigenvalue weighted by atomic mass is 16.5. The number of aromatic nitrogens is 3. The number of anilines is 3. The molecule has 4 aromatic rings. The number of fused-ring (bicyclic) bond motifs is 1. The lowest BCUT2D eigenvalue weighted by Gasteiger charge is -2.29. The van der Waals surface area contributed by atoms with Crippen molar-refractivity contribution in [3.63, 3.8) is 0 Å². The van der Waals surface area contributed by atoms with E-state index >= 15 is 0 Å². The molecule has 0 unspecified atom stereocenters. The van der Waals surface area contributed by atoms with Crippen LogP contribution in [0.4, 0.5) is 17.1 Å². The van der Waals surface area contributed by atoms with Crippen LogP contribution in [0.2, 0.25) is 0 Å². The lowest BCUT2D eigenvalue weighted by molar-refractivity contribution is 0.122. The zero-order valence-electron chi connectivity index (χ0n) is 15.8. The van der Waals surface area contributed by atoms with Crippen LogP contribution in [0.15, 0.2) is 71.9 Å². The second kappa shape index (κ2) is 7.44. The first-order chi connectivity index (χ1) is 14.3. The fourth-order valence-electron chi connectivity index (χ4n) is 3.65. The predicted molar refractivity (Wildman–Crippen MR) is 114 cm³/mol. The summed E-state index contributed by atoms with van der Waals surface area (Å²) in [6.45, 7) is 3.40. The van der Waals surface area contributed by atoms with E-state index in [4.69, 9.17) is 4.74 Å². The van der Waals surface area contributed by atoms with Crippen LogP contribution in [0.5, 0.6) is 0 Å². The van der Waals surface area contributed by atoms with Crippen LogP contribution < -0.4 is 15.8 Å². The minimum Gasteiger partial charge on any atom is -0.378 e. The van der Waals surface area contributed by atoms with Crippen molar-refractivity contribution < 1.29 is 4.74 Å². The maximum absolute atomic E-state index is 11.4. The highest BCUT2D eigenvalue weighted by Crippen LogP contribution is 2.28. The molecule has 1 aliphatic rings. The molecule has 1 aliphatic heterocycles. The summed E-state index contributed by atoms with van der Waals surface area (Å²) in [6.07, 6.45) is 5.41. The maximum atomic E-state index is 11.4. The van der Waals surface area contributed by atoms with Gasteiger partial charge in [0.25, 0.3) is 0 Å². The molecule has 29 heavy (non-hydrogen) atoms. The highest BCUT2D eigenvalue weighted by molar-refractivity contribution is 5.78. The Morgan fingerprint density at radius 2 is 1.83 bits per heavy atom.